The van der Waals surface area contributed by atoms with Gasteiger partial charge in [0, 0.05) is 6.54 Å². The van der Waals surface area contributed by atoms with E-state index in [4.69, 9.17) is 4.74 Å². The molecule has 7 heteroatoms. The number of hydrogen-bond donors (Lipinski definition) is 1. The minimum atomic E-state index is -0.0826. The van der Waals surface area contributed by atoms with Gasteiger partial charge < -0.3 is 9.72 Å². The lowest BCUT2D eigenvalue weighted by molar-refractivity contribution is 0.0846. The summed E-state index contributed by atoms with van der Waals surface area (Å²) in [6.07, 6.45) is 0. The van der Waals surface area contributed by atoms with Gasteiger partial charge in [-0.1, -0.05) is 18.2 Å². The van der Waals surface area contributed by atoms with Gasteiger partial charge in [-0.3, -0.25) is 19.6 Å². The van der Waals surface area contributed by atoms with E-state index in [0.29, 0.717) is 43.7 Å². The number of carbonyl (C=O) groups excluding carboxylic acids is 1. The number of amides is 1. The van der Waals surface area contributed by atoms with Gasteiger partial charge in [-0.25, -0.2) is 4.98 Å². The third kappa shape index (κ3) is 2.34. The largest absolute Gasteiger partial charge is 0.492 e. The SMILES string of the molecule is Cc1nc2c([nH]1)N(CCOc1ccccc1)C1=NCCN1C2=O. The summed E-state index contributed by atoms with van der Waals surface area (Å²) in [5.41, 5.74) is 0.461. The molecule has 1 aromatic carbocycles. The predicted octanol–water partition coefficient (Wildman–Crippen LogP) is 1.43. The van der Waals surface area contributed by atoms with Crippen LogP contribution in [0.15, 0.2) is 35.3 Å². The molecule has 0 saturated heterocycles. The lowest BCUT2D eigenvalue weighted by Crippen LogP contribution is -2.51. The number of hydrogen-bond acceptors (Lipinski definition) is 5. The van der Waals surface area contributed by atoms with Gasteiger partial charge in [0.2, 0.25) is 5.96 Å². The Kier molecular flexibility index (Phi) is 3.25. The molecule has 0 atom stereocenters. The van der Waals surface area contributed by atoms with E-state index in [1.807, 2.05) is 42.2 Å². The van der Waals surface area contributed by atoms with Crippen LogP contribution in [0, 0.1) is 6.92 Å². The molecule has 23 heavy (non-hydrogen) atoms. The highest BCUT2D eigenvalue weighted by Crippen LogP contribution is 2.28. The van der Waals surface area contributed by atoms with Crippen molar-refractivity contribution in [1.29, 1.82) is 0 Å². The molecule has 0 bridgehead atoms. The molecule has 0 spiro atoms. The van der Waals surface area contributed by atoms with E-state index in [1.165, 1.54) is 0 Å². The van der Waals surface area contributed by atoms with Crippen molar-refractivity contribution in [3.63, 3.8) is 0 Å². The van der Waals surface area contributed by atoms with Gasteiger partial charge in [-0.15, -0.1) is 0 Å². The second kappa shape index (κ2) is 5.42. The Morgan fingerprint density at radius 1 is 1.30 bits per heavy atom. The molecule has 1 aromatic heterocycles. The lowest BCUT2D eigenvalue weighted by Gasteiger charge is -2.33. The van der Waals surface area contributed by atoms with E-state index in [9.17, 15) is 4.79 Å². The molecule has 0 saturated carbocycles. The molecule has 118 valence electrons. The van der Waals surface area contributed by atoms with Crippen molar-refractivity contribution in [3.8, 4) is 5.75 Å². The van der Waals surface area contributed by atoms with Crippen LogP contribution in [0.5, 0.6) is 5.75 Å². The number of aromatic amines is 1. The normalized spacial score (nSPS) is 16.2. The lowest BCUT2D eigenvalue weighted by atomic mass is 10.3. The number of nitrogens with one attached hydrogen (secondary N) is 1. The van der Waals surface area contributed by atoms with Gasteiger partial charge in [-0.2, -0.15) is 0 Å². The topological polar surface area (TPSA) is 73.8 Å². The number of aromatic nitrogens is 2. The van der Waals surface area contributed by atoms with Crippen molar-refractivity contribution >= 4 is 17.7 Å². The number of H-pyrrole nitrogens is 1. The number of aliphatic imine (C=N–C) groups is 1. The fraction of sp³-hybridized carbons (Fsp3) is 0.312. The molecule has 7 nitrogen and oxygen atoms in total. The molecule has 3 heterocycles. The summed E-state index contributed by atoms with van der Waals surface area (Å²) in [6.45, 7) is 4.15. The third-order valence-electron chi connectivity index (χ3n) is 3.91. The molecule has 0 radical (unpaired) electrons. The third-order valence-corrected chi connectivity index (χ3v) is 3.91. The Labute approximate surface area is 133 Å². The number of ether oxygens (including phenoxy) is 1. The van der Waals surface area contributed by atoms with Gasteiger partial charge in [-0.05, 0) is 19.1 Å². The van der Waals surface area contributed by atoms with Crippen molar-refractivity contribution in [3.05, 3.63) is 41.9 Å². The minimum Gasteiger partial charge on any atom is -0.492 e. The summed E-state index contributed by atoms with van der Waals surface area (Å²) < 4.78 is 5.77. The van der Waals surface area contributed by atoms with Crippen LogP contribution in [0.2, 0.25) is 0 Å². The summed E-state index contributed by atoms with van der Waals surface area (Å²) in [5.74, 6) is 2.86. The molecule has 0 aliphatic carbocycles. The molecule has 0 fully saturated rings. The second-order valence-corrected chi connectivity index (χ2v) is 5.47. The zero-order chi connectivity index (χ0) is 15.8. The van der Waals surface area contributed by atoms with E-state index in [2.05, 4.69) is 15.0 Å². The molecule has 0 unspecified atom stereocenters. The molecular weight excluding hydrogens is 294 g/mol. The molecule has 2 aliphatic rings. The van der Waals surface area contributed by atoms with E-state index in [-0.39, 0.29) is 5.91 Å². The van der Waals surface area contributed by atoms with Crippen LogP contribution in [-0.2, 0) is 0 Å². The molecule has 1 N–H and O–H groups in total. The average Bonchev–Trinajstić information content (AvgIpc) is 3.18. The van der Waals surface area contributed by atoms with E-state index >= 15 is 0 Å². The highest BCUT2D eigenvalue weighted by molar-refractivity contribution is 6.17. The first kappa shape index (κ1) is 13.8. The zero-order valence-electron chi connectivity index (χ0n) is 12.8. The van der Waals surface area contributed by atoms with Gasteiger partial charge in [0.25, 0.3) is 5.91 Å². The van der Waals surface area contributed by atoms with Gasteiger partial charge in [0.15, 0.2) is 5.69 Å². The van der Waals surface area contributed by atoms with Crippen molar-refractivity contribution in [2.45, 2.75) is 6.92 Å². The number of nitrogens with zero attached hydrogens (tertiary/aromatic N) is 4. The number of benzene rings is 1. The minimum absolute atomic E-state index is 0.0826. The highest BCUT2D eigenvalue weighted by Gasteiger charge is 2.39. The molecule has 4 rings (SSSR count). The van der Waals surface area contributed by atoms with Gasteiger partial charge in [0.05, 0.1) is 13.1 Å². The molecule has 2 aromatic rings. The monoisotopic (exact) mass is 311 g/mol. The Balaban J connectivity index is 1.56. The highest BCUT2D eigenvalue weighted by atomic mass is 16.5. The van der Waals surface area contributed by atoms with Crippen LogP contribution < -0.4 is 9.64 Å². The molecule has 1 amide bonds. The summed E-state index contributed by atoms with van der Waals surface area (Å²) in [4.78, 5) is 28.1. The van der Waals surface area contributed by atoms with E-state index < -0.39 is 0 Å². The quantitative estimate of drug-likeness (QED) is 0.927. The van der Waals surface area contributed by atoms with Crippen LogP contribution in [0.25, 0.3) is 0 Å². The van der Waals surface area contributed by atoms with Crippen molar-refractivity contribution in [2.24, 2.45) is 4.99 Å². The maximum absolute atomic E-state index is 12.5. The summed E-state index contributed by atoms with van der Waals surface area (Å²) in [7, 11) is 0. The summed E-state index contributed by atoms with van der Waals surface area (Å²) >= 11 is 0. The maximum Gasteiger partial charge on any atom is 0.283 e. The maximum atomic E-state index is 12.5. The van der Waals surface area contributed by atoms with Crippen LogP contribution in [0.4, 0.5) is 5.82 Å². The zero-order valence-corrected chi connectivity index (χ0v) is 12.8. The number of anilines is 1. The van der Waals surface area contributed by atoms with Crippen LogP contribution in [-0.4, -0.2) is 53.0 Å². The summed E-state index contributed by atoms with van der Waals surface area (Å²) in [6, 6.07) is 9.67. The Morgan fingerprint density at radius 3 is 2.96 bits per heavy atom. The standard InChI is InChI=1S/C16H17N5O2/c1-11-18-13-14(19-11)20(16-17-7-8-21(16)15(13)22)9-10-23-12-5-3-2-4-6-12/h2-6H,7-10H2,1H3,(H,18,19). The predicted molar refractivity (Wildman–Crippen MR) is 85.9 cm³/mol. The molecular formula is C16H17N5O2. The first-order valence-electron chi connectivity index (χ1n) is 7.62. The van der Waals surface area contributed by atoms with Crippen LogP contribution in [0.3, 0.4) is 0 Å². The first-order chi connectivity index (χ1) is 11.2. The van der Waals surface area contributed by atoms with Crippen molar-refractivity contribution < 1.29 is 9.53 Å². The molecule has 2 aliphatic heterocycles. The number of imidazole rings is 1. The first-order valence-corrected chi connectivity index (χ1v) is 7.62. The number of carbonyl (C=O) groups is 1. The Morgan fingerprint density at radius 2 is 2.13 bits per heavy atom. The average molecular weight is 311 g/mol. The second-order valence-electron chi connectivity index (χ2n) is 5.47. The number of para-hydroxylation sites is 1. The number of aryl methyl sites for hydroxylation is 1. The van der Waals surface area contributed by atoms with E-state index in [1.54, 1.807) is 4.90 Å². The van der Waals surface area contributed by atoms with Gasteiger partial charge in [0.1, 0.15) is 24.0 Å². The van der Waals surface area contributed by atoms with Crippen molar-refractivity contribution in [2.75, 3.05) is 31.1 Å². The van der Waals surface area contributed by atoms with Gasteiger partial charge >= 0.3 is 0 Å². The Hall–Kier alpha value is -2.83. The van der Waals surface area contributed by atoms with Crippen molar-refractivity contribution in [1.82, 2.24) is 14.9 Å². The fourth-order valence-corrected chi connectivity index (χ4v) is 2.89. The fourth-order valence-electron chi connectivity index (χ4n) is 2.89. The van der Waals surface area contributed by atoms with Crippen LogP contribution >= 0.6 is 0 Å². The summed E-state index contributed by atoms with van der Waals surface area (Å²) in [5, 5.41) is 0. The number of rotatable bonds is 4. The van der Waals surface area contributed by atoms with E-state index in [0.717, 1.165) is 11.6 Å². The number of fused-ring (bicyclic) bond motifs is 2. The number of guanidine groups is 1. The van der Waals surface area contributed by atoms with Crippen LogP contribution in [0.1, 0.15) is 16.3 Å². The smallest absolute Gasteiger partial charge is 0.283 e. The Bertz CT molecular complexity index is 768.